The van der Waals surface area contributed by atoms with Crippen molar-refractivity contribution in [3.63, 3.8) is 0 Å². The minimum absolute atomic E-state index is 0.0759. The normalized spacial score (nSPS) is 11.4. The van der Waals surface area contributed by atoms with E-state index in [1.807, 2.05) is 60.7 Å². The average molecular weight is 470 g/mol. The van der Waals surface area contributed by atoms with Gasteiger partial charge in [-0.15, -0.1) is 10.2 Å². The van der Waals surface area contributed by atoms with Gasteiger partial charge in [0.1, 0.15) is 0 Å². The highest BCUT2D eigenvalue weighted by Gasteiger charge is 2.16. The molecule has 1 heterocycles. The third kappa shape index (κ3) is 4.01. The predicted octanol–water partition coefficient (Wildman–Crippen LogP) is 7.79. The number of nitro benzene ring substituents is 1. The molecule has 0 atom stereocenters. The van der Waals surface area contributed by atoms with E-state index in [2.05, 4.69) is 40.5 Å². The van der Waals surface area contributed by atoms with Gasteiger partial charge in [-0.1, -0.05) is 72.8 Å². The Labute approximate surface area is 206 Å². The fraction of sp³-hybridized carbons (Fsp3) is 0. The second-order valence-electron chi connectivity index (χ2n) is 8.41. The van der Waals surface area contributed by atoms with Gasteiger partial charge in [0.25, 0.3) is 5.69 Å². The lowest BCUT2D eigenvalue weighted by atomic mass is 9.97. The van der Waals surface area contributed by atoms with E-state index < -0.39 is 4.92 Å². The van der Waals surface area contributed by atoms with Crippen LogP contribution >= 0.6 is 0 Å². The second-order valence-corrected chi connectivity index (χ2v) is 8.41. The quantitative estimate of drug-likeness (QED) is 0.111. The smallest absolute Gasteiger partial charge is 0.269 e. The van der Waals surface area contributed by atoms with Crippen LogP contribution in [-0.4, -0.2) is 15.1 Å². The molecule has 0 spiro atoms. The summed E-state index contributed by atoms with van der Waals surface area (Å²) in [5.41, 5.74) is 3.70. The Balaban J connectivity index is 1.30. The Bertz CT molecular complexity index is 1700. The molecule has 0 saturated heterocycles. The zero-order chi connectivity index (χ0) is 24.5. The van der Waals surface area contributed by atoms with E-state index in [1.165, 1.54) is 12.1 Å². The molecule has 0 aliphatic heterocycles. The van der Waals surface area contributed by atoms with E-state index >= 15 is 0 Å². The number of hydrogen-bond acceptors (Lipinski definition) is 5. The van der Waals surface area contributed by atoms with E-state index in [9.17, 15) is 10.1 Å². The Morgan fingerprint density at radius 3 is 1.78 bits per heavy atom. The second kappa shape index (κ2) is 8.92. The molecule has 0 aliphatic rings. The average Bonchev–Trinajstić information content (AvgIpc) is 3.41. The zero-order valence-electron chi connectivity index (χ0n) is 19.0. The molecule has 6 aromatic rings. The van der Waals surface area contributed by atoms with Crippen LogP contribution in [0, 0.1) is 10.1 Å². The number of nitrogens with zero attached hydrogens (tertiary/aromatic N) is 3. The van der Waals surface area contributed by atoms with Crippen LogP contribution in [0.4, 0.5) is 5.69 Å². The van der Waals surface area contributed by atoms with Crippen molar-refractivity contribution >= 4 is 39.4 Å². The molecular weight excluding hydrogens is 450 g/mol. The largest absolute Gasteiger partial charge is 0.416 e. The Kier molecular flexibility index (Phi) is 5.31. The maximum absolute atomic E-state index is 10.8. The number of non-ortho nitro benzene ring substituents is 1. The van der Waals surface area contributed by atoms with Gasteiger partial charge in [-0.2, -0.15) is 0 Å². The molecule has 5 aromatic carbocycles. The third-order valence-corrected chi connectivity index (χ3v) is 6.14. The van der Waals surface area contributed by atoms with E-state index in [1.54, 1.807) is 12.1 Å². The maximum atomic E-state index is 10.8. The number of rotatable bonds is 5. The van der Waals surface area contributed by atoms with Gasteiger partial charge in [-0.25, -0.2) is 0 Å². The van der Waals surface area contributed by atoms with E-state index in [-0.39, 0.29) is 5.69 Å². The first-order valence-electron chi connectivity index (χ1n) is 11.4. The summed E-state index contributed by atoms with van der Waals surface area (Å²) in [5, 5.41) is 23.9. The molecule has 36 heavy (non-hydrogen) atoms. The van der Waals surface area contributed by atoms with Crippen molar-refractivity contribution in [3.8, 4) is 22.9 Å². The molecule has 0 radical (unpaired) electrons. The van der Waals surface area contributed by atoms with Crippen LogP contribution in [-0.2, 0) is 0 Å². The number of hydrogen-bond donors (Lipinski definition) is 0. The summed E-state index contributed by atoms with van der Waals surface area (Å²) in [7, 11) is 0. The van der Waals surface area contributed by atoms with Crippen LogP contribution in [0.25, 0.3) is 56.6 Å². The maximum Gasteiger partial charge on any atom is 0.269 e. The van der Waals surface area contributed by atoms with Crippen LogP contribution in [0.5, 0.6) is 0 Å². The lowest BCUT2D eigenvalue weighted by Crippen LogP contribution is -1.86. The van der Waals surface area contributed by atoms with Crippen molar-refractivity contribution in [1.82, 2.24) is 10.2 Å². The zero-order valence-corrected chi connectivity index (χ0v) is 19.0. The number of aromatic nitrogens is 2. The molecule has 0 N–H and O–H groups in total. The fourth-order valence-electron chi connectivity index (χ4n) is 4.32. The Morgan fingerprint density at radius 2 is 1.19 bits per heavy atom. The molecule has 6 rings (SSSR count). The predicted molar refractivity (Wildman–Crippen MR) is 142 cm³/mol. The summed E-state index contributed by atoms with van der Waals surface area (Å²) in [4.78, 5) is 10.4. The molecule has 172 valence electrons. The van der Waals surface area contributed by atoms with Crippen molar-refractivity contribution in [3.05, 3.63) is 124 Å². The summed E-state index contributed by atoms with van der Waals surface area (Å²) in [6.07, 6.45) is 3.86. The summed E-state index contributed by atoms with van der Waals surface area (Å²) >= 11 is 0. The summed E-state index contributed by atoms with van der Waals surface area (Å²) < 4.78 is 6.18. The first-order valence-corrected chi connectivity index (χ1v) is 11.4. The standard InChI is InChI=1S/C30H19N3O3/c34-33(35)25-17-13-21(14-18-25)10-9-20-11-15-22(16-12-20)29-31-32-30(36-29)28-26-7-3-1-5-23(26)19-24-6-2-4-8-27(24)28/h1-19H. The van der Waals surface area contributed by atoms with Gasteiger partial charge < -0.3 is 4.42 Å². The minimum atomic E-state index is -0.405. The minimum Gasteiger partial charge on any atom is -0.416 e. The summed E-state index contributed by atoms with van der Waals surface area (Å²) in [6, 6.07) is 32.8. The van der Waals surface area contributed by atoms with Crippen molar-refractivity contribution in [2.75, 3.05) is 0 Å². The third-order valence-electron chi connectivity index (χ3n) is 6.14. The monoisotopic (exact) mass is 469 g/mol. The van der Waals surface area contributed by atoms with Crippen LogP contribution in [0.3, 0.4) is 0 Å². The lowest BCUT2D eigenvalue weighted by molar-refractivity contribution is -0.384. The van der Waals surface area contributed by atoms with Gasteiger partial charge in [-0.05, 0) is 63.0 Å². The van der Waals surface area contributed by atoms with Gasteiger partial charge in [0.05, 0.1) is 10.5 Å². The molecule has 1 aromatic heterocycles. The van der Waals surface area contributed by atoms with Gasteiger partial charge >= 0.3 is 0 Å². The number of nitro groups is 1. The fourth-order valence-corrected chi connectivity index (χ4v) is 4.32. The Morgan fingerprint density at radius 1 is 0.667 bits per heavy atom. The summed E-state index contributed by atoms with van der Waals surface area (Å²) in [6.45, 7) is 0. The molecular formula is C30H19N3O3. The van der Waals surface area contributed by atoms with Crippen LogP contribution in [0.1, 0.15) is 11.1 Å². The van der Waals surface area contributed by atoms with Gasteiger partial charge in [0.15, 0.2) is 0 Å². The highest BCUT2D eigenvalue weighted by Crippen LogP contribution is 2.36. The molecule has 6 heteroatoms. The Hall–Kier alpha value is -5.10. The topological polar surface area (TPSA) is 82.1 Å². The first-order chi connectivity index (χ1) is 17.7. The molecule has 0 amide bonds. The molecule has 0 saturated carbocycles. The summed E-state index contributed by atoms with van der Waals surface area (Å²) in [5.74, 6) is 0.938. The van der Waals surface area contributed by atoms with Crippen LogP contribution in [0.2, 0.25) is 0 Å². The molecule has 6 nitrogen and oxygen atoms in total. The van der Waals surface area contributed by atoms with E-state index in [0.29, 0.717) is 11.8 Å². The molecule has 0 unspecified atom stereocenters. The highest BCUT2D eigenvalue weighted by molar-refractivity contribution is 6.11. The molecule has 0 aliphatic carbocycles. The molecule has 0 fully saturated rings. The van der Waals surface area contributed by atoms with Gasteiger partial charge in [0, 0.05) is 17.7 Å². The molecule has 0 bridgehead atoms. The van der Waals surface area contributed by atoms with Crippen molar-refractivity contribution in [2.45, 2.75) is 0 Å². The van der Waals surface area contributed by atoms with Crippen molar-refractivity contribution in [2.24, 2.45) is 0 Å². The van der Waals surface area contributed by atoms with Crippen molar-refractivity contribution < 1.29 is 9.34 Å². The van der Waals surface area contributed by atoms with Gasteiger partial charge in [-0.3, -0.25) is 10.1 Å². The lowest BCUT2D eigenvalue weighted by Gasteiger charge is -2.08. The number of benzene rings is 5. The SMILES string of the molecule is O=[N+]([O-])c1ccc(C=Cc2ccc(-c3nnc(-c4c5ccccc5cc5ccccc45)o3)cc2)cc1. The van der Waals surface area contributed by atoms with Crippen LogP contribution in [0.15, 0.2) is 108 Å². The first kappa shape index (κ1) is 21.4. The van der Waals surface area contributed by atoms with Gasteiger partial charge in [0.2, 0.25) is 11.8 Å². The van der Waals surface area contributed by atoms with Crippen LogP contribution < -0.4 is 0 Å². The number of fused-ring (bicyclic) bond motifs is 2. The van der Waals surface area contributed by atoms with Crippen molar-refractivity contribution in [1.29, 1.82) is 0 Å². The van der Waals surface area contributed by atoms with E-state index in [4.69, 9.17) is 4.42 Å². The highest BCUT2D eigenvalue weighted by atomic mass is 16.6. The van der Waals surface area contributed by atoms with E-state index in [0.717, 1.165) is 43.8 Å².